The first-order valence-electron chi connectivity index (χ1n) is 11.0. The molecule has 3 rings (SSSR count). The van der Waals surface area contributed by atoms with Crippen LogP contribution in [0.25, 0.3) is 0 Å². The summed E-state index contributed by atoms with van der Waals surface area (Å²) in [6, 6.07) is 7.53. The number of ether oxygens (including phenoxy) is 3. The number of pyridine rings is 1. The summed E-state index contributed by atoms with van der Waals surface area (Å²) in [6.45, 7) is 3.30. The van der Waals surface area contributed by atoms with E-state index in [1.54, 1.807) is 31.2 Å². The maximum absolute atomic E-state index is 12.7. The number of benzene rings is 1. The van der Waals surface area contributed by atoms with Gasteiger partial charge in [-0.2, -0.15) is 0 Å². The van der Waals surface area contributed by atoms with Gasteiger partial charge in [0.2, 0.25) is 0 Å². The molecule has 1 aliphatic carbocycles. The summed E-state index contributed by atoms with van der Waals surface area (Å²) < 4.78 is 16.9. The zero-order valence-electron chi connectivity index (χ0n) is 18.9. The number of amides is 1. The lowest BCUT2D eigenvalue weighted by atomic mass is 9.96. The third-order valence-electron chi connectivity index (χ3n) is 5.74. The molecule has 1 heterocycles. The fraction of sp³-hybridized carbons (Fsp3) is 0.458. The number of hydrogen-bond acceptors (Lipinski definition) is 7. The highest BCUT2D eigenvalue weighted by atomic mass is 35.5. The number of hydrogen-bond donors (Lipinski definition) is 2. The number of carbonyl (C=O) groups excluding carboxylic acids is 2. The van der Waals surface area contributed by atoms with Gasteiger partial charge in [0.25, 0.3) is 5.91 Å². The number of carbonyl (C=O) groups is 2. The van der Waals surface area contributed by atoms with Crippen LogP contribution in [-0.2, 0) is 9.53 Å². The summed E-state index contributed by atoms with van der Waals surface area (Å²) >= 11 is 5.97. The Balaban J connectivity index is 1.64. The summed E-state index contributed by atoms with van der Waals surface area (Å²) in [5.41, 5.74) is -0.239. The Morgan fingerprint density at radius 2 is 1.82 bits per heavy atom. The minimum atomic E-state index is -0.966. The minimum Gasteiger partial charge on any atom is -0.503 e. The van der Waals surface area contributed by atoms with Crippen LogP contribution in [0.15, 0.2) is 36.5 Å². The normalized spacial score (nSPS) is 16.5. The van der Waals surface area contributed by atoms with Crippen molar-refractivity contribution in [2.24, 2.45) is 5.92 Å². The topological polar surface area (TPSA) is 107 Å². The van der Waals surface area contributed by atoms with E-state index in [2.05, 4.69) is 10.3 Å². The summed E-state index contributed by atoms with van der Waals surface area (Å²) in [5, 5.41) is 13.2. The number of nitrogens with zero attached hydrogens (tertiary/aromatic N) is 1. The van der Waals surface area contributed by atoms with Crippen molar-refractivity contribution < 1.29 is 28.9 Å². The Hall–Kier alpha value is -3.00. The van der Waals surface area contributed by atoms with E-state index in [1.807, 2.05) is 0 Å². The van der Waals surface area contributed by atoms with E-state index in [4.69, 9.17) is 25.8 Å². The van der Waals surface area contributed by atoms with Crippen molar-refractivity contribution in [3.05, 3.63) is 47.2 Å². The van der Waals surface area contributed by atoms with Crippen LogP contribution >= 0.6 is 11.6 Å². The number of nitrogens with one attached hydrogen (secondary N) is 1. The molecular weight excluding hydrogens is 448 g/mol. The molecule has 1 aliphatic rings. The first-order chi connectivity index (χ1) is 15.8. The van der Waals surface area contributed by atoms with Crippen molar-refractivity contribution in [3.63, 3.8) is 0 Å². The van der Waals surface area contributed by atoms with Gasteiger partial charge in [-0.15, -0.1) is 0 Å². The van der Waals surface area contributed by atoms with E-state index in [1.165, 1.54) is 26.3 Å². The molecule has 0 unspecified atom stereocenters. The standard InChI is InChI=1S/C24H29ClN2O6/c1-14(27-23(29)20-21(28)19(31-3)12-13-26-20)24(30)32-15(2)22(16-6-4-5-7-16)33-18-10-8-17(25)9-11-18/h8-16,22,28H,4-7H2,1-3H3,(H,27,29)/t14-,15-,22-/m0/s1. The zero-order chi connectivity index (χ0) is 24.0. The molecule has 1 aromatic heterocycles. The van der Waals surface area contributed by atoms with Gasteiger partial charge in [0, 0.05) is 17.3 Å². The lowest BCUT2D eigenvalue weighted by molar-refractivity contribution is -0.156. The fourth-order valence-electron chi connectivity index (χ4n) is 3.97. The van der Waals surface area contributed by atoms with Crippen LogP contribution in [0.2, 0.25) is 5.02 Å². The monoisotopic (exact) mass is 476 g/mol. The molecule has 0 aliphatic heterocycles. The van der Waals surface area contributed by atoms with Gasteiger partial charge in [-0.3, -0.25) is 4.79 Å². The van der Waals surface area contributed by atoms with E-state index in [9.17, 15) is 14.7 Å². The van der Waals surface area contributed by atoms with Crippen LogP contribution in [0.1, 0.15) is 50.0 Å². The fourth-order valence-corrected chi connectivity index (χ4v) is 4.10. The summed E-state index contributed by atoms with van der Waals surface area (Å²) in [6.07, 6.45) is 4.66. The number of esters is 1. The highest BCUT2D eigenvalue weighted by Gasteiger charge is 2.34. The Kier molecular flexibility index (Phi) is 8.38. The third kappa shape index (κ3) is 6.28. The predicted molar refractivity (Wildman–Crippen MR) is 123 cm³/mol. The average molecular weight is 477 g/mol. The van der Waals surface area contributed by atoms with Gasteiger partial charge in [0.05, 0.1) is 7.11 Å². The van der Waals surface area contributed by atoms with Crippen molar-refractivity contribution in [2.75, 3.05) is 7.11 Å². The van der Waals surface area contributed by atoms with Gasteiger partial charge < -0.3 is 24.6 Å². The Labute approximate surface area is 198 Å². The van der Waals surface area contributed by atoms with Crippen LogP contribution in [0, 0.1) is 5.92 Å². The number of methoxy groups -OCH3 is 1. The van der Waals surface area contributed by atoms with Gasteiger partial charge in [-0.05, 0) is 56.9 Å². The van der Waals surface area contributed by atoms with Gasteiger partial charge >= 0.3 is 5.97 Å². The molecule has 8 nitrogen and oxygen atoms in total. The van der Waals surface area contributed by atoms with E-state index < -0.39 is 29.8 Å². The van der Waals surface area contributed by atoms with E-state index in [0.29, 0.717) is 10.8 Å². The first kappa shape index (κ1) is 24.6. The van der Waals surface area contributed by atoms with Gasteiger partial charge in [0.15, 0.2) is 17.2 Å². The van der Waals surface area contributed by atoms with Crippen LogP contribution in [0.3, 0.4) is 0 Å². The lowest BCUT2D eigenvalue weighted by Crippen LogP contribution is -2.45. The molecule has 0 spiro atoms. The maximum Gasteiger partial charge on any atom is 0.328 e. The Bertz CT molecular complexity index is 962. The number of rotatable bonds is 9. The third-order valence-corrected chi connectivity index (χ3v) is 5.99. The number of aromatic nitrogens is 1. The van der Waals surface area contributed by atoms with Crippen LogP contribution in [-0.4, -0.2) is 47.3 Å². The molecule has 9 heteroatoms. The van der Waals surface area contributed by atoms with Crippen LogP contribution < -0.4 is 14.8 Å². The molecule has 1 saturated carbocycles. The van der Waals surface area contributed by atoms with Crippen molar-refractivity contribution in [3.8, 4) is 17.2 Å². The van der Waals surface area contributed by atoms with Gasteiger partial charge in [-0.1, -0.05) is 24.4 Å². The van der Waals surface area contributed by atoms with Crippen LogP contribution in [0.4, 0.5) is 0 Å². The first-order valence-corrected chi connectivity index (χ1v) is 11.3. The molecule has 33 heavy (non-hydrogen) atoms. The number of aromatic hydroxyl groups is 1. The molecule has 0 bridgehead atoms. The van der Waals surface area contributed by atoms with Crippen molar-refractivity contribution >= 4 is 23.5 Å². The second-order valence-electron chi connectivity index (χ2n) is 8.13. The van der Waals surface area contributed by atoms with Crippen molar-refractivity contribution in [1.29, 1.82) is 0 Å². The molecule has 178 valence electrons. The molecule has 1 fully saturated rings. The average Bonchev–Trinajstić information content (AvgIpc) is 3.33. The van der Waals surface area contributed by atoms with E-state index in [-0.39, 0.29) is 23.5 Å². The lowest BCUT2D eigenvalue weighted by Gasteiger charge is -2.30. The SMILES string of the molecule is COc1ccnc(C(=O)N[C@@H](C)C(=O)O[C@@H](C)[C@H](Oc2ccc(Cl)cc2)C2CCCC2)c1O. The van der Waals surface area contributed by atoms with Gasteiger partial charge in [-0.25, -0.2) is 9.78 Å². The molecule has 2 aromatic rings. The molecule has 1 amide bonds. The zero-order valence-corrected chi connectivity index (χ0v) is 19.7. The second-order valence-corrected chi connectivity index (χ2v) is 8.56. The highest BCUT2D eigenvalue weighted by Crippen LogP contribution is 2.33. The molecule has 0 radical (unpaired) electrons. The largest absolute Gasteiger partial charge is 0.503 e. The molecular formula is C24H29ClN2O6. The summed E-state index contributed by atoms with van der Waals surface area (Å²) in [5.74, 6) is -0.706. The Morgan fingerprint density at radius 1 is 1.15 bits per heavy atom. The number of halogens is 1. The maximum atomic E-state index is 12.7. The minimum absolute atomic E-state index is 0.109. The second kappa shape index (κ2) is 11.2. The predicted octanol–water partition coefficient (Wildman–Crippen LogP) is 4.14. The summed E-state index contributed by atoms with van der Waals surface area (Å²) in [4.78, 5) is 29.1. The van der Waals surface area contributed by atoms with E-state index in [0.717, 1.165) is 25.7 Å². The van der Waals surface area contributed by atoms with Crippen molar-refractivity contribution in [1.82, 2.24) is 10.3 Å². The molecule has 3 atom stereocenters. The van der Waals surface area contributed by atoms with Gasteiger partial charge in [0.1, 0.15) is 24.0 Å². The quantitative estimate of drug-likeness (QED) is 0.524. The molecule has 1 aromatic carbocycles. The summed E-state index contributed by atoms with van der Waals surface area (Å²) in [7, 11) is 1.37. The highest BCUT2D eigenvalue weighted by molar-refractivity contribution is 6.30. The van der Waals surface area contributed by atoms with Crippen molar-refractivity contribution in [2.45, 2.75) is 57.8 Å². The smallest absolute Gasteiger partial charge is 0.328 e. The Morgan fingerprint density at radius 3 is 2.45 bits per heavy atom. The molecule has 2 N–H and O–H groups in total. The van der Waals surface area contributed by atoms with E-state index >= 15 is 0 Å². The molecule has 0 saturated heterocycles. The van der Waals surface area contributed by atoms with Crippen LogP contribution in [0.5, 0.6) is 17.2 Å².